The second kappa shape index (κ2) is 5.23. The maximum Gasteiger partial charge on any atom is 0.230 e. The lowest BCUT2D eigenvalue weighted by Gasteiger charge is -2.36. The molecule has 0 amide bonds. The number of nitrogens with zero attached hydrogens (tertiary/aromatic N) is 2. The molecule has 19 heavy (non-hydrogen) atoms. The lowest BCUT2D eigenvalue weighted by atomic mass is 9.69. The quantitative estimate of drug-likeness (QED) is 0.886. The van der Waals surface area contributed by atoms with E-state index in [0.29, 0.717) is 17.4 Å². The van der Waals surface area contributed by atoms with Gasteiger partial charge in [0.05, 0.1) is 6.04 Å². The largest absolute Gasteiger partial charge is 0.339 e. The van der Waals surface area contributed by atoms with Crippen LogP contribution in [0, 0.1) is 5.41 Å². The zero-order chi connectivity index (χ0) is 13.3. The van der Waals surface area contributed by atoms with Crippen LogP contribution in [0.3, 0.4) is 0 Å². The first-order valence-electron chi connectivity index (χ1n) is 7.74. The van der Waals surface area contributed by atoms with Gasteiger partial charge in [-0.25, -0.2) is 0 Å². The maximum atomic E-state index is 5.59. The van der Waals surface area contributed by atoms with Crippen molar-refractivity contribution in [1.29, 1.82) is 0 Å². The molecule has 2 atom stereocenters. The molecular weight excluding hydrogens is 238 g/mol. The average Bonchev–Trinajstić information content (AvgIpc) is 2.88. The van der Waals surface area contributed by atoms with E-state index < -0.39 is 0 Å². The first kappa shape index (κ1) is 13.1. The number of rotatable bonds is 2. The number of aromatic nitrogens is 2. The summed E-state index contributed by atoms with van der Waals surface area (Å²) in [6.45, 7) is 5.74. The second-order valence-electron chi connectivity index (χ2n) is 6.78. The van der Waals surface area contributed by atoms with Gasteiger partial charge in [-0.1, -0.05) is 38.3 Å². The van der Waals surface area contributed by atoms with Gasteiger partial charge in [0.2, 0.25) is 5.89 Å². The Kier molecular flexibility index (Phi) is 3.61. The van der Waals surface area contributed by atoms with Crippen LogP contribution in [0.25, 0.3) is 0 Å². The van der Waals surface area contributed by atoms with Crippen molar-refractivity contribution >= 4 is 0 Å². The molecule has 3 rings (SSSR count). The molecule has 1 aromatic heterocycles. The minimum absolute atomic E-state index is 0.294. The van der Waals surface area contributed by atoms with E-state index in [0.717, 1.165) is 24.7 Å². The summed E-state index contributed by atoms with van der Waals surface area (Å²) in [6, 6.07) is 0.304. The Bertz CT molecular complexity index is 421. The van der Waals surface area contributed by atoms with Crippen LogP contribution in [-0.2, 0) is 0 Å². The molecule has 0 radical (unpaired) electrons. The van der Waals surface area contributed by atoms with Crippen molar-refractivity contribution in [1.82, 2.24) is 15.5 Å². The fourth-order valence-electron chi connectivity index (χ4n) is 3.55. The molecule has 2 unspecified atom stereocenters. The van der Waals surface area contributed by atoms with Crippen LogP contribution in [0.2, 0.25) is 0 Å². The van der Waals surface area contributed by atoms with Crippen LogP contribution >= 0.6 is 0 Å². The molecule has 4 heteroatoms. The summed E-state index contributed by atoms with van der Waals surface area (Å²) in [6.07, 6.45) is 8.71. The summed E-state index contributed by atoms with van der Waals surface area (Å²) in [7, 11) is 0. The normalized spacial score (nSPS) is 31.3. The van der Waals surface area contributed by atoms with Gasteiger partial charge in [-0.15, -0.1) is 0 Å². The number of hydrogen-bond acceptors (Lipinski definition) is 4. The highest BCUT2D eigenvalue weighted by atomic mass is 16.5. The molecule has 106 valence electrons. The molecule has 2 aliphatic rings. The molecule has 0 bridgehead atoms. The Balaban J connectivity index is 1.76. The van der Waals surface area contributed by atoms with Crippen molar-refractivity contribution in [3.8, 4) is 0 Å². The van der Waals surface area contributed by atoms with Crippen molar-refractivity contribution in [2.24, 2.45) is 5.41 Å². The van der Waals surface area contributed by atoms with E-state index in [1.807, 2.05) is 0 Å². The van der Waals surface area contributed by atoms with Crippen molar-refractivity contribution in [3.05, 3.63) is 11.7 Å². The third-order valence-corrected chi connectivity index (χ3v) is 4.88. The maximum absolute atomic E-state index is 5.59. The minimum atomic E-state index is 0.294. The Morgan fingerprint density at radius 2 is 2.00 bits per heavy atom. The summed E-state index contributed by atoms with van der Waals surface area (Å²) in [5, 5.41) is 7.72. The van der Waals surface area contributed by atoms with Crippen LogP contribution < -0.4 is 5.32 Å². The molecule has 1 saturated heterocycles. The van der Waals surface area contributed by atoms with Crippen molar-refractivity contribution < 1.29 is 4.52 Å². The van der Waals surface area contributed by atoms with Crippen molar-refractivity contribution in [2.45, 2.75) is 70.8 Å². The molecule has 2 heterocycles. The van der Waals surface area contributed by atoms with Crippen LogP contribution in [-0.4, -0.2) is 16.7 Å². The van der Waals surface area contributed by atoms with Gasteiger partial charge in [-0.05, 0) is 37.6 Å². The van der Waals surface area contributed by atoms with E-state index in [1.54, 1.807) is 0 Å². The van der Waals surface area contributed by atoms with Crippen LogP contribution in [0.1, 0.15) is 82.5 Å². The summed E-state index contributed by atoms with van der Waals surface area (Å²) in [5.74, 6) is 2.18. The molecule has 4 nitrogen and oxygen atoms in total. The Morgan fingerprint density at radius 1 is 1.16 bits per heavy atom. The van der Waals surface area contributed by atoms with Gasteiger partial charge >= 0.3 is 0 Å². The summed E-state index contributed by atoms with van der Waals surface area (Å²) in [5.41, 5.74) is 0.294. The first-order valence-corrected chi connectivity index (χ1v) is 7.74. The summed E-state index contributed by atoms with van der Waals surface area (Å²) >= 11 is 0. The van der Waals surface area contributed by atoms with Crippen molar-refractivity contribution in [2.75, 3.05) is 6.54 Å². The number of piperidine rings is 1. The smallest absolute Gasteiger partial charge is 0.230 e. The van der Waals surface area contributed by atoms with Gasteiger partial charge in [0.15, 0.2) is 5.82 Å². The van der Waals surface area contributed by atoms with Crippen molar-refractivity contribution in [3.63, 3.8) is 0 Å². The highest BCUT2D eigenvalue weighted by Gasteiger charge is 2.37. The highest BCUT2D eigenvalue weighted by Crippen LogP contribution is 2.46. The lowest BCUT2D eigenvalue weighted by molar-refractivity contribution is 0.164. The SMILES string of the molecule is CC1(C)CCCCC1c1nc(C2CCCCN2)no1. The molecule has 2 fully saturated rings. The van der Waals surface area contributed by atoms with Crippen LogP contribution in [0.15, 0.2) is 4.52 Å². The minimum Gasteiger partial charge on any atom is -0.339 e. The zero-order valence-electron chi connectivity index (χ0n) is 12.1. The highest BCUT2D eigenvalue weighted by molar-refractivity contribution is 5.04. The van der Waals surface area contributed by atoms with E-state index in [4.69, 9.17) is 9.51 Å². The third-order valence-electron chi connectivity index (χ3n) is 4.88. The third kappa shape index (κ3) is 2.69. The van der Waals surface area contributed by atoms with Gasteiger partial charge in [-0.2, -0.15) is 4.98 Å². The fraction of sp³-hybridized carbons (Fsp3) is 0.867. The standard InChI is InChI=1S/C15H25N3O/c1-15(2)9-5-3-7-11(15)14-17-13(18-19-14)12-8-4-6-10-16-12/h11-12,16H,3-10H2,1-2H3. The summed E-state index contributed by atoms with van der Waals surface area (Å²) < 4.78 is 5.59. The molecule has 1 N–H and O–H groups in total. The van der Waals surface area contributed by atoms with Crippen LogP contribution in [0.4, 0.5) is 0 Å². The van der Waals surface area contributed by atoms with E-state index in [2.05, 4.69) is 24.3 Å². The predicted molar refractivity (Wildman–Crippen MR) is 73.9 cm³/mol. The van der Waals surface area contributed by atoms with E-state index in [9.17, 15) is 0 Å². The first-order chi connectivity index (χ1) is 9.17. The molecule has 0 spiro atoms. The average molecular weight is 263 g/mol. The van der Waals surface area contributed by atoms with E-state index >= 15 is 0 Å². The van der Waals surface area contributed by atoms with E-state index in [-0.39, 0.29) is 0 Å². The molecule has 1 saturated carbocycles. The van der Waals surface area contributed by atoms with Gasteiger partial charge in [-0.3, -0.25) is 0 Å². The van der Waals surface area contributed by atoms with Gasteiger partial charge in [0, 0.05) is 5.92 Å². The monoisotopic (exact) mass is 263 g/mol. The molecule has 1 aliphatic carbocycles. The predicted octanol–water partition coefficient (Wildman–Crippen LogP) is 3.57. The molecular formula is C15H25N3O. The molecule has 1 aliphatic heterocycles. The van der Waals surface area contributed by atoms with Crippen LogP contribution in [0.5, 0.6) is 0 Å². The molecule has 0 aromatic carbocycles. The summed E-state index contributed by atoms with van der Waals surface area (Å²) in [4.78, 5) is 4.71. The topological polar surface area (TPSA) is 51.0 Å². The lowest BCUT2D eigenvalue weighted by Crippen LogP contribution is -2.28. The fourth-order valence-corrected chi connectivity index (χ4v) is 3.55. The van der Waals surface area contributed by atoms with E-state index in [1.165, 1.54) is 38.5 Å². The van der Waals surface area contributed by atoms with Gasteiger partial charge in [0.1, 0.15) is 0 Å². The Labute approximate surface area is 115 Å². The zero-order valence-corrected chi connectivity index (χ0v) is 12.1. The number of hydrogen-bond donors (Lipinski definition) is 1. The van der Waals surface area contributed by atoms with Gasteiger partial charge < -0.3 is 9.84 Å². The molecule has 1 aromatic rings. The number of nitrogens with one attached hydrogen (secondary N) is 1. The van der Waals surface area contributed by atoms with Gasteiger partial charge in [0.25, 0.3) is 0 Å². The Morgan fingerprint density at radius 3 is 2.74 bits per heavy atom. The second-order valence-corrected chi connectivity index (χ2v) is 6.78. The Hall–Kier alpha value is -0.900.